The third-order valence-corrected chi connectivity index (χ3v) is 4.71. The molecule has 0 spiro atoms. The van der Waals surface area contributed by atoms with E-state index in [4.69, 9.17) is 0 Å². The Morgan fingerprint density at radius 1 is 1.12 bits per heavy atom. The lowest BCUT2D eigenvalue weighted by atomic mass is 9.72. The van der Waals surface area contributed by atoms with Crippen molar-refractivity contribution in [2.75, 3.05) is 0 Å². The zero-order chi connectivity index (χ0) is 12.9. The van der Waals surface area contributed by atoms with Gasteiger partial charge in [-0.15, -0.1) is 0 Å². The summed E-state index contributed by atoms with van der Waals surface area (Å²) in [5.41, 5.74) is -0.556. The minimum absolute atomic E-state index is 0.187. The molecule has 2 nitrogen and oxygen atoms in total. The summed E-state index contributed by atoms with van der Waals surface area (Å²) in [5.74, 6) is 1.08. The van der Waals surface area contributed by atoms with E-state index in [2.05, 4.69) is 6.92 Å². The third-order valence-electron chi connectivity index (χ3n) is 4.71. The van der Waals surface area contributed by atoms with Crippen LogP contribution in [0.15, 0.2) is 0 Å². The summed E-state index contributed by atoms with van der Waals surface area (Å²) in [6, 6.07) is 0. The summed E-state index contributed by atoms with van der Waals surface area (Å²) in [6.07, 6.45) is 7.91. The van der Waals surface area contributed by atoms with Crippen LogP contribution < -0.4 is 0 Å². The van der Waals surface area contributed by atoms with Crippen molar-refractivity contribution in [3.8, 4) is 0 Å². The SMILES string of the molecule is CCCC1CCC(O)C(CC(O)(CC)CC)C1. The van der Waals surface area contributed by atoms with Gasteiger partial charge in [-0.05, 0) is 50.4 Å². The molecule has 0 aromatic carbocycles. The maximum absolute atomic E-state index is 10.4. The van der Waals surface area contributed by atoms with Crippen LogP contribution in [0, 0.1) is 11.8 Å². The highest BCUT2D eigenvalue weighted by Gasteiger charge is 2.34. The predicted octanol–water partition coefficient (Wildman–Crippen LogP) is 3.50. The standard InChI is InChI=1S/C15H30O2/c1-4-7-12-8-9-14(16)13(10-12)11-15(17,5-2)6-3/h12-14,16-17H,4-11H2,1-3H3. The Morgan fingerprint density at radius 2 is 1.76 bits per heavy atom. The normalized spacial score (nSPS) is 30.5. The molecule has 0 aliphatic heterocycles. The van der Waals surface area contributed by atoms with E-state index in [1.165, 1.54) is 19.3 Å². The minimum Gasteiger partial charge on any atom is -0.393 e. The molecular formula is C15H30O2. The van der Waals surface area contributed by atoms with Crippen LogP contribution in [0.1, 0.15) is 72.1 Å². The lowest BCUT2D eigenvalue weighted by Gasteiger charge is -2.38. The molecular weight excluding hydrogens is 212 g/mol. The van der Waals surface area contributed by atoms with Gasteiger partial charge in [-0.3, -0.25) is 0 Å². The van der Waals surface area contributed by atoms with Crippen molar-refractivity contribution in [2.45, 2.75) is 83.8 Å². The maximum atomic E-state index is 10.4. The second kappa shape index (κ2) is 6.75. The van der Waals surface area contributed by atoms with Gasteiger partial charge in [0.2, 0.25) is 0 Å². The van der Waals surface area contributed by atoms with Gasteiger partial charge in [0, 0.05) is 0 Å². The third kappa shape index (κ3) is 4.26. The number of aliphatic hydroxyl groups is 2. The van der Waals surface area contributed by atoms with Crippen molar-refractivity contribution < 1.29 is 10.2 Å². The number of aliphatic hydroxyl groups excluding tert-OH is 1. The van der Waals surface area contributed by atoms with Crippen LogP contribution in [0.25, 0.3) is 0 Å². The van der Waals surface area contributed by atoms with Crippen LogP contribution in [0.2, 0.25) is 0 Å². The lowest BCUT2D eigenvalue weighted by Crippen LogP contribution is -2.37. The van der Waals surface area contributed by atoms with E-state index < -0.39 is 5.60 Å². The molecule has 17 heavy (non-hydrogen) atoms. The zero-order valence-corrected chi connectivity index (χ0v) is 11.8. The predicted molar refractivity (Wildman–Crippen MR) is 71.9 cm³/mol. The molecule has 3 atom stereocenters. The summed E-state index contributed by atoms with van der Waals surface area (Å²) in [7, 11) is 0. The van der Waals surface area contributed by atoms with Crippen LogP contribution in [0.5, 0.6) is 0 Å². The summed E-state index contributed by atoms with van der Waals surface area (Å²) < 4.78 is 0. The molecule has 1 aliphatic rings. The van der Waals surface area contributed by atoms with E-state index >= 15 is 0 Å². The van der Waals surface area contributed by atoms with Crippen molar-refractivity contribution >= 4 is 0 Å². The van der Waals surface area contributed by atoms with Gasteiger partial charge in [-0.2, -0.15) is 0 Å². The molecule has 3 unspecified atom stereocenters. The van der Waals surface area contributed by atoms with E-state index in [1.807, 2.05) is 13.8 Å². The van der Waals surface area contributed by atoms with E-state index in [1.54, 1.807) is 0 Å². The van der Waals surface area contributed by atoms with Crippen LogP contribution >= 0.6 is 0 Å². The molecule has 0 aromatic rings. The van der Waals surface area contributed by atoms with Crippen molar-refractivity contribution in [3.05, 3.63) is 0 Å². The molecule has 0 aromatic heterocycles. The first kappa shape index (κ1) is 15.0. The van der Waals surface area contributed by atoms with Gasteiger partial charge in [-0.25, -0.2) is 0 Å². The van der Waals surface area contributed by atoms with Gasteiger partial charge in [-0.1, -0.05) is 33.6 Å². The molecule has 0 saturated heterocycles. The molecule has 2 N–H and O–H groups in total. The fourth-order valence-corrected chi connectivity index (χ4v) is 3.26. The van der Waals surface area contributed by atoms with Crippen molar-refractivity contribution in [1.82, 2.24) is 0 Å². The summed E-state index contributed by atoms with van der Waals surface area (Å²) in [4.78, 5) is 0. The molecule has 0 radical (unpaired) electrons. The van der Waals surface area contributed by atoms with Gasteiger partial charge in [0.15, 0.2) is 0 Å². The van der Waals surface area contributed by atoms with E-state index in [-0.39, 0.29) is 6.10 Å². The summed E-state index contributed by atoms with van der Waals surface area (Å²) in [5, 5.41) is 20.5. The fraction of sp³-hybridized carbons (Fsp3) is 1.00. The highest BCUT2D eigenvalue weighted by Crippen LogP contribution is 2.38. The van der Waals surface area contributed by atoms with Crippen molar-refractivity contribution in [1.29, 1.82) is 0 Å². The first-order valence-electron chi connectivity index (χ1n) is 7.45. The summed E-state index contributed by atoms with van der Waals surface area (Å²) >= 11 is 0. The fourth-order valence-electron chi connectivity index (χ4n) is 3.26. The first-order chi connectivity index (χ1) is 8.04. The van der Waals surface area contributed by atoms with Gasteiger partial charge in [0.05, 0.1) is 11.7 Å². The molecule has 2 heteroatoms. The molecule has 102 valence electrons. The Hall–Kier alpha value is -0.0800. The number of hydrogen-bond donors (Lipinski definition) is 2. The Labute approximate surface area is 106 Å². The van der Waals surface area contributed by atoms with Gasteiger partial charge in [0.25, 0.3) is 0 Å². The largest absolute Gasteiger partial charge is 0.393 e. The Balaban J connectivity index is 2.54. The zero-order valence-electron chi connectivity index (χ0n) is 11.8. The molecule has 0 heterocycles. The first-order valence-corrected chi connectivity index (χ1v) is 7.45. The Kier molecular flexibility index (Phi) is 5.94. The Bertz CT molecular complexity index is 211. The van der Waals surface area contributed by atoms with Gasteiger partial charge < -0.3 is 10.2 Å². The average Bonchev–Trinajstić information content (AvgIpc) is 2.33. The number of hydrogen-bond acceptors (Lipinski definition) is 2. The van der Waals surface area contributed by atoms with Gasteiger partial charge >= 0.3 is 0 Å². The van der Waals surface area contributed by atoms with E-state index in [9.17, 15) is 10.2 Å². The van der Waals surface area contributed by atoms with Crippen LogP contribution in [-0.4, -0.2) is 21.9 Å². The van der Waals surface area contributed by atoms with Crippen LogP contribution in [0.3, 0.4) is 0 Å². The summed E-state index contributed by atoms with van der Waals surface area (Å²) in [6.45, 7) is 6.32. The van der Waals surface area contributed by atoms with E-state index in [0.29, 0.717) is 5.92 Å². The topological polar surface area (TPSA) is 40.5 Å². The molecule has 1 rings (SSSR count). The highest BCUT2D eigenvalue weighted by molar-refractivity contribution is 4.86. The molecule has 1 fully saturated rings. The molecule has 1 aliphatic carbocycles. The maximum Gasteiger partial charge on any atom is 0.0646 e. The monoisotopic (exact) mass is 242 g/mol. The van der Waals surface area contributed by atoms with Crippen LogP contribution in [-0.2, 0) is 0 Å². The molecule has 1 saturated carbocycles. The van der Waals surface area contributed by atoms with Crippen molar-refractivity contribution in [3.63, 3.8) is 0 Å². The molecule has 0 bridgehead atoms. The average molecular weight is 242 g/mol. The second-order valence-electron chi connectivity index (χ2n) is 5.93. The van der Waals surface area contributed by atoms with Gasteiger partial charge in [0.1, 0.15) is 0 Å². The molecule has 0 amide bonds. The quantitative estimate of drug-likeness (QED) is 0.748. The van der Waals surface area contributed by atoms with E-state index in [0.717, 1.165) is 38.0 Å². The highest BCUT2D eigenvalue weighted by atomic mass is 16.3. The lowest BCUT2D eigenvalue weighted by molar-refractivity contribution is -0.0384. The van der Waals surface area contributed by atoms with Crippen LogP contribution in [0.4, 0.5) is 0 Å². The second-order valence-corrected chi connectivity index (χ2v) is 5.93. The van der Waals surface area contributed by atoms with Crippen molar-refractivity contribution in [2.24, 2.45) is 11.8 Å². The number of rotatable bonds is 6. The smallest absolute Gasteiger partial charge is 0.0646 e. The Morgan fingerprint density at radius 3 is 2.29 bits per heavy atom. The minimum atomic E-state index is -0.556.